The van der Waals surface area contributed by atoms with Crippen molar-refractivity contribution in [2.24, 2.45) is 4.99 Å². The smallest absolute Gasteiger partial charge is 0.122 e. The van der Waals surface area contributed by atoms with Crippen LogP contribution < -0.4 is 4.74 Å². The average Bonchev–Trinajstić information content (AvgIpc) is 2.17. The van der Waals surface area contributed by atoms with Crippen molar-refractivity contribution in [3.63, 3.8) is 0 Å². The summed E-state index contributed by atoms with van der Waals surface area (Å²) in [7, 11) is 1.72. The molecule has 0 N–H and O–H groups in total. The molecule has 1 aromatic rings. The van der Waals surface area contributed by atoms with Crippen molar-refractivity contribution in [2.75, 3.05) is 7.11 Å². The molecule has 0 spiro atoms. The SMILES string of the molecule is COc1cc2c(cc1C)C=N[C@H](C)C2. The first-order valence-electron chi connectivity index (χ1n) is 4.91. The highest BCUT2D eigenvalue weighted by Gasteiger charge is 2.13. The van der Waals surface area contributed by atoms with Crippen molar-refractivity contribution in [1.29, 1.82) is 0 Å². The molecule has 2 heteroatoms. The molecule has 0 fully saturated rings. The number of nitrogens with zero attached hydrogens (tertiary/aromatic N) is 1. The van der Waals surface area contributed by atoms with Gasteiger partial charge in [0.05, 0.1) is 13.2 Å². The molecule has 2 rings (SSSR count). The van der Waals surface area contributed by atoms with Gasteiger partial charge in [0.2, 0.25) is 0 Å². The molecule has 1 aliphatic heterocycles. The molecule has 1 heterocycles. The van der Waals surface area contributed by atoms with Gasteiger partial charge in [-0.05, 0) is 49.1 Å². The first kappa shape index (κ1) is 9.25. The summed E-state index contributed by atoms with van der Waals surface area (Å²) in [5.41, 5.74) is 3.75. The minimum atomic E-state index is 0.398. The fourth-order valence-corrected chi connectivity index (χ4v) is 1.85. The van der Waals surface area contributed by atoms with Gasteiger partial charge in [0.25, 0.3) is 0 Å². The Balaban J connectivity index is 2.48. The predicted molar refractivity (Wildman–Crippen MR) is 58.5 cm³/mol. The fourth-order valence-electron chi connectivity index (χ4n) is 1.85. The second-order valence-electron chi connectivity index (χ2n) is 3.85. The maximum atomic E-state index is 5.30. The Labute approximate surface area is 84.6 Å². The molecule has 0 bridgehead atoms. The Morgan fingerprint density at radius 3 is 2.93 bits per heavy atom. The molecular weight excluding hydrogens is 174 g/mol. The second-order valence-corrected chi connectivity index (χ2v) is 3.85. The quantitative estimate of drug-likeness (QED) is 0.664. The molecule has 0 aromatic heterocycles. The molecule has 0 amide bonds. The summed E-state index contributed by atoms with van der Waals surface area (Å²) in [5, 5.41) is 0. The van der Waals surface area contributed by atoms with E-state index in [1.54, 1.807) is 7.11 Å². The van der Waals surface area contributed by atoms with Crippen LogP contribution >= 0.6 is 0 Å². The molecule has 0 saturated heterocycles. The van der Waals surface area contributed by atoms with Crippen LogP contribution in [0.4, 0.5) is 0 Å². The third-order valence-electron chi connectivity index (χ3n) is 2.64. The summed E-state index contributed by atoms with van der Waals surface area (Å²) in [6.45, 7) is 4.19. The van der Waals surface area contributed by atoms with Crippen LogP contribution in [0.25, 0.3) is 0 Å². The van der Waals surface area contributed by atoms with E-state index >= 15 is 0 Å². The minimum Gasteiger partial charge on any atom is -0.496 e. The van der Waals surface area contributed by atoms with E-state index in [2.05, 4.69) is 31.0 Å². The maximum Gasteiger partial charge on any atom is 0.122 e. The molecule has 2 nitrogen and oxygen atoms in total. The Bertz CT molecular complexity index is 382. The highest BCUT2D eigenvalue weighted by Crippen LogP contribution is 2.25. The van der Waals surface area contributed by atoms with Gasteiger partial charge in [-0.2, -0.15) is 0 Å². The van der Waals surface area contributed by atoms with Gasteiger partial charge in [-0.25, -0.2) is 0 Å². The lowest BCUT2D eigenvalue weighted by Crippen LogP contribution is -2.12. The number of aryl methyl sites for hydroxylation is 1. The van der Waals surface area contributed by atoms with Crippen molar-refractivity contribution in [2.45, 2.75) is 26.3 Å². The van der Waals surface area contributed by atoms with Crippen LogP contribution in [-0.2, 0) is 6.42 Å². The third kappa shape index (κ3) is 1.52. The Kier molecular flexibility index (Phi) is 2.28. The Morgan fingerprint density at radius 1 is 1.43 bits per heavy atom. The Hall–Kier alpha value is -1.31. The summed E-state index contributed by atoms with van der Waals surface area (Å²) in [6, 6.07) is 4.67. The van der Waals surface area contributed by atoms with Crippen LogP contribution in [0.15, 0.2) is 17.1 Å². The molecule has 1 aromatic carbocycles. The number of ether oxygens (including phenoxy) is 1. The van der Waals surface area contributed by atoms with Gasteiger partial charge in [0, 0.05) is 6.21 Å². The van der Waals surface area contributed by atoms with Gasteiger partial charge in [0.15, 0.2) is 0 Å². The molecule has 1 atom stereocenters. The second kappa shape index (κ2) is 3.45. The first-order chi connectivity index (χ1) is 6.70. The van der Waals surface area contributed by atoms with Crippen molar-refractivity contribution in [3.05, 3.63) is 28.8 Å². The standard InChI is InChI=1S/C12H15NO/c1-8-4-11-7-13-9(2)5-10(11)6-12(8)14-3/h4,6-7,9H,5H2,1-3H3/t9-/m1/s1. The van der Waals surface area contributed by atoms with E-state index in [9.17, 15) is 0 Å². The summed E-state index contributed by atoms with van der Waals surface area (Å²) >= 11 is 0. The van der Waals surface area contributed by atoms with E-state index in [-0.39, 0.29) is 0 Å². The summed E-state index contributed by atoms with van der Waals surface area (Å²) in [5.74, 6) is 0.978. The molecule has 0 unspecified atom stereocenters. The molecule has 1 aliphatic rings. The van der Waals surface area contributed by atoms with Gasteiger partial charge >= 0.3 is 0 Å². The number of fused-ring (bicyclic) bond motifs is 1. The van der Waals surface area contributed by atoms with Gasteiger partial charge in [-0.15, -0.1) is 0 Å². The van der Waals surface area contributed by atoms with Crippen LogP contribution in [0.3, 0.4) is 0 Å². The van der Waals surface area contributed by atoms with Crippen LogP contribution in [0.1, 0.15) is 23.6 Å². The van der Waals surface area contributed by atoms with Crippen molar-refractivity contribution < 1.29 is 4.74 Å². The lowest BCUT2D eigenvalue weighted by Gasteiger charge is -2.17. The van der Waals surface area contributed by atoms with Gasteiger partial charge in [0.1, 0.15) is 5.75 Å². The van der Waals surface area contributed by atoms with E-state index in [1.165, 1.54) is 16.7 Å². The van der Waals surface area contributed by atoms with E-state index < -0.39 is 0 Å². The normalized spacial score (nSPS) is 19.2. The molecule has 0 saturated carbocycles. The van der Waals surface area contributed by atoms with Crippen molar-refractivity contribution >= 4 is 6.21 Å². The number of aliphatic imine (C=N–C) groups is 1. The summed E-state index contributed by atoms with van der Waals surface area (Å²) in [6.07, 6.45) is 2.98. The topological polar surface area (TPSA) is 21.6 Å². The molecule has 0 aliphatic carbocycles. The van der Waals surface area contributed by atoms with E-state index in [0.29, 0.717) is 6.04 Å². The van der Waals surface area contributed by atoms with E-state index in [1.807, 2.05) is 6.21 Å². The largest absolute Gasteiger partial charge is 0.496 e. The van der Waals surface area contributed by atoms with Gasteiger partial charge < -0.3 is 4.74 Å². The van der Waals surface area contributed by atoms with Crippen LogP contribution in [0.2, 0.25) is 0 Å². The maximum absolute atomic E-state index is 5.30. The van der Waals surface area contributed by atoms with E-state index in [4.69, 9.17) is 4.74 Å². The third-order valence-corrected chi connectivity index (χ3v) is 2.64. The van der Waals surface area contributed by atoms with Crippen LogP contribution in [-0.4, -0.2) is 19.4 Å². The van der Waals surface area contributed by atoms with Gasteiger partial charge in [-0.3, -0.25) is 4.99 Å². The number of hydrogen-bond donors (Lipinski definition) is 0. The molecule has 74 valence electrons. The molecule has 0 radical (unpaired) electrons. The highest BCUT2D eigenvalue weighted by molar-refractivity contribution is 5.84. The molecule has 14 heavy (non-hydrogen) atoms. The minimum absolute atomic E-state index is 0.398. The van der Waals surface area contributed by atoms with Crippen molar-refractivity contribution in [3.8, 4) is 5.75 Å². The summed E-state index contributed by atoms with van der Waals surface area (Å²) in [4.78, 5) is 4.40. The zero-order valence-corrected chi connectivity index (χ0v) is 8.87. The zero-order valence-electron chi connectivity index (χ0n) is 8.87. The number of benzene rings is 1. The summed E-state index contributed by atoms with van der Waals surface area (Å²) < 4.78 is 5.30. The number of hydrogen-bond acceptors (Lipinski definition) is 2. The average molecular weight is 189 g/mol. The first-order valence-corrected chi connectivity index (χ1v) is 4.91. The molecular formula is C12H15NO. The lowest BCUT2D eigenvalue weighted by atomic mass is 9.96. The van der Waals surface area contributed by atoms with Crippen LogP contribution in [0.5, 0.6) is 5.75 Å². The monoisotopic (exact) mass is 189 g/mol. The van der Waals surface area contributed by atoms with Crippen molar-refractivity contribution in [1.82, 2.24) is 0 Å². The highest BCUT2D eigenvalue weighted by atomic mass is 16.5. The number of rotatable bonds is 1. The van der Waals surface area contributed by atoms with Gasteiger partial charge in [-0.1, -0.05) is 0 Å². The zero-order chi connectivity index (χ0) is 10.1. The number of methoxy groups -OCH3 is 1. The van der Waals surface area contributed by atoms with Crippen LogP contribution in [0, 0.1) is 6.92 Å². The lowest BCUT2D eigenvalue weighted by molar-refractivity contribution is 0.411. The fraction of sp³-hybridized carbons (Fsp3) is 0.417. The van der Waals surface area contributed by atoms with E-state index in [0.717, 1.165) is 12.2 Å². The Morgan fingerprint density at radius 2 is 2.21 bits per heavy atom. The predicted octanol–water partition coefficient (Wildman–Crippen LogP) is 2.37.